The largest absolute Gasteiger partial charge is 0.507 e. The number of carbonyl (C=O) groups excluding carboxylic acids is 1. The number of hydrazone groups is 1. The summed E-state index contributed by atoms with van der Waals surface area (Å²) < 4.78 is 0. The molecule has 1 aromatic heterocycles. The number of halogens is 3. The summed E-state index contributed by atoms with van der Waals surface area (Å²) in [5.74, 6) is -0.664. The van der Waals surface area contributed by atoms with Crippen LogP contribution in [0.1, 0.15) is 28.5 Å². The lowest BCUT2D eigenvalue weighted by Gasteiger charge is -2.09. The first-order valence-corrected chi connectivity index (χ1v) is 7.80. The molecule has 0 bridgehead atoms. The van der Waals surface area contributed by atoms with Gasteiger partial charge >= 0.3 is 0 Å². The van der Waals surface area contributed by atoms with Crippen molar-refractivity contribution in [1.82, 2.24) is 10.4 Å². The Kier molecular flexibility index (Phi) is 5.54. The summed E-state index contributed by atoms with van der Waals surface area (Å²) in [4.78, 5) is 16.0. The molecule has 0 unspecified atom stereocenters. The monoisotopic (exact) mass is 386 g/mol. The van der Waals surface area contributed by atoms with Gasteiger partial charge in [-0.1, -0.05) is 46.4 Å². The summed E-state index contributed by atoms with van der Waals surface area (Å²) in [6, 6.07) is 5.04. The van der Waals surface area contributed by atoms with Gasteiger partial charge in [0.15, 0.2) is 10.8 Å². The van der Waals surface area contributed by atoms with Crippen LogP contribution in [0, 0.1) is 6.92 Å². The molecule has 6 nitrogen and oxygen atoms in total. The maximum atomic E-state index is 12.2. The Morgan fingerprint density at radius 2 is 1.96 bits per heavy atom. The van der Waals surface area contributed by atoms with Gasteiger partial charge in [0, 0.05) is 5.56 Å². The minimum Gasteiger partial charge on any atom is -0.507 e. The quantitative estimate of drug-likeness (QED) is 0.424. The highest BCUT2D eigenvalue weighted by atomic mass is 35.5. The zero-order chi connectivity index (χ0) is 18.0. The molecular weight excluding hydrogens is 375 g/mol. The maximum Gasteiger partial charge on any atom is 0.291 e. The number of benzene rings is 1. The third-order valence-corrected chi connectivity index (χ3v) is 4.29. The van der Waals surface area contributed by atoms with Gasteiger partial charge in [0.25, 0.3) is 5.91 Å². The molecule has 1 heterocycles. The number of amides is 1. The van der Waals surface area contributed by atoms with Crippen LogP contribution in [0.2, 0.25) is 15.2 Å². The minimum absolute atomic E-state index is 0.0254. The molecule has 0 saturated carbocycles. The van der Waals surface area contributed by atoms with E-state index in [0.717, 1.165) is 5.56 Å². The summed E-state index contributed by atoms with van der Waals surface area (Å²) in [5, 5.41) is 13.5. The van der Waals surface area contributed by atoms with Crippen LogP contribution < -0.4 is 11.2 Å². The Morgan fingerprint density at radius 3 is 2.62 bits per heavy atom. The molecule has 2 aromatic rings. The van der Waals surface area contributed by atoms with Gasteiger partial charge in [-0.05, 0) is 26.0 Å². The van der Waals surface area contributed by atoms with Gasteiger partial charge in [0.2, 0.25) is 0 Å². The van der Waals surface area contributed by atoms with Crippen molar-refractivity contribution in [1.29, 1.82) is 0 Å². The van der Waals surface area contributed by atoms with Crippen LogP contribution in [-0.4, -0.2) is 21.7 Å². The molecule has 24 heavy (non-hydrogen) atoms. The van der Waals surface area contributed by atoms with E-state index in [2.05, 4.69) is 15.5 Å². The summed E-state index contributed by atoms with van der Waals surface area (Å²) in [5.41, 5.74) is 9.54. The van der Waals surface area contributed by atoms with Gasteiger partial charge in [0.1, 0.15) is 10.8 Å². The molecule has 0 saturated heterocycles. The molecule has 0 radical (unpaired) electrons. The third kappa shape index (κ3) is 3.72. The Hall–Kier alpha value is -2.02. The average Bonchev–Trinajstić information content (AvgIpc) is 2.55. The van der Waals surface area contributed by atoms with Crippen molar-refractivity contribution in [3.05, 3.63) is 50.2 Å². The number of phenolic OH excluding ortho intramolecular Hbond substituents is 1. The molecule has 0 aliphatic carbocycles. The number of rotatable bonds is 3. The Balaban J connectivity index is 2.29. The van der Waals surface area contributed by atoms with Gasteiger partial charge in [-0.15, -0.1) is 0 Å². The van der Waals surface area contributed by atoms with E-state index >= 15 is 0 Å². The highest BCUT2D eigenvalue weighted by molar-refractivity contribution is 6.46. The number of hydrogen-bond donors (Lipinski definition) is 3. The van der Waals surface area contributed by atoms with Crippen LogP contribution in [0.5, 0.6) is 5.75 Å². The highest BCUT2D eigenvalue weighted by Gasteiger charge is 2.19. The first kappa shape index (κ1) is 18.3. The number of pyridine rings is 1. The number of nitrogen functional groups attached to an aromatic ring is 1. The van der Waals surface area contributed by atoms with Gasteiger partial charge in [-0.2, -0.15) is 5.10 Å². The smallest absolute Gasteiger partial charge is 0.291 e. The van der Waals surface area contributed by atoms with Gasteiger partial charge in [-0.25, -0.2) is 10.4 Å². The number of nitrogens with zero attached hydrogens (tertiary/aromatic N) is 2. The van der Waals surface area contributed by atoms with E-state index in [-0.39, 0.29) is 32.3 Å². The van der Waals surface area contributed by atoms with Gasteiger partial charge in [-0.3, -0.25) is 4.79 Å². The highest BCUT2D eigenvalue weighted by Crippen LogP contribution is 2.34. The molecule has 0 atom stereocenters. The Morgan fingerprint density at radius 1 is 1.29 bits per heavy atom. The fourth-order valence-electron chi connectivity index (χ4n) is 1.87. The number of nitrogens with two attached hydrogens (primary N) is 1. The molecule has 0 fully saturated rings. The Bertz CT molecular complexity index is 853. The van der Waals surface area contributed by atoms with Crippen LogP contribution in [0.3, 0.4) is 0 Å². The molecule has 0 aliphatic rings. The summed E-state index contributed by atoms with van der Waals surface area (Å²) >= 11 is 17.6. The molecule has 1 aromatic carbocycles. The van der Waals surface area contributed by atoms with E-state index in [9.17, 15) is 9.90 Å². The van der Waals surface area contributed by atoms with Crippen LogP contribution in [0.25, 0.3) is 0 Å². The van der Waals surface area contributed by atoms with E-state index in [0.29, 0.717) is 11.3 Å². The minimum atomic E-state index is -0.711. The SMILES string of the molecule is CC(=NNC(=O)c1nc(Cl)c(Cl)c(N)c1Cl)c1cc(C)ccc1O. The lowest BCUT2D eigenvalue weighted by Crippen LogP contribution is -2.21. The maximum absolute atomic E-state index is 12.2. The Labute approximate surface area is 153 Å². The first-order chi connectivity index (χ1) is 11.2. The molecule has 0 spiro atoms. The van der Waals surface area contributed by atoms with E-state index < -0.39 is 5.91 Å². The predicted molar refractivity (Wildman–Crippen MR) is 96.2 cm³/mol. The number of nitrogens with one attached hydrogen (secondary N) is 1. The van der Waals surface area contributed by atoms with E-state index in [1.807, 2.05) is 6.92 Å². The molecule has 4 N–H and O–H groups in total. The normalized spacial score (nSPS) is 11.5. The van der Waals surface area contributed by atoms with E-state index in [1.54, 1.807) is 25.1 Å². The number of anilines is 1. The van der Waals surface area contributed by atoms with Crippen LogP contribution in [0.4, 0.5) is 5.69 Å². The second kappa shape index (κ2) is 7.25. The number of aromatic hydroxyl groups is 1. The van der Waals surface area contributed by atoms with E-state index in [1.165, 1.54) is 0 Å². The average molecular weight is 388 g/mol. The predicted octanol–water partition coefficient (Wildman–Crippen LogP) is 3.79. The van der Waals surface area contributed by atoms with Crippen LogP contribution in [0.15, 0.2) is 23.3 Å². The number of phenols is 1. The lowest BCUT2D eigenvalue weighted by atomic mass is 10.1. The van der Waals surface area contributed by atoms with Crippen molar-refractivity contribution in [2.75, 3.05) is 5.73 Å². The number of carbonyl (C=O) groups is 1. The second-order valence-electron chi connectivity index (χ2n) is 4.95. The van der Waals surface area contributed by atoms with Crippen molar-refractivity contribution in [2.45, 2.75) is 13.8 Å². The molecule has 9 heteroatoms. The summed E-state index contributed by atoms with van der Waals surface area (Å²) in [6.45, 7) is 3.50. The molecule has 126 valence electrons. The van der Waals surface area contributed by atoms with Crippen molar-refractivity contribution in [3.63, 3.8) is 0 Å². The number of aryl methyl sites for hydroxylation is 1. The molecule has 1 amide bonds. The summed E-state index contributed by atoms with van der Waals surface area (Å²) in [6.07, 6.45) is 0. The van der Waals surface area contributed by atoms with Crippen molar-refractivity contribution in [2.24, 2.45) is 5.10 Å². The first-order valence-electron chi connectivity index (χ1n) is 6.67. The fourth-order valence-corrected chi connectivity index (χ4v) is 2.46. The molecule has 0 aliphatic heterocycles. The molecular formula is C15H13Cl3N4O2. The van der Waals surface area contributed by atoms with Crippen molar-refractivity contribution in [3.8, 4) is 5.75 Å². The standard InChI is InChI=1S/C15H13Cl3N4O2/c1-6-3-4-9(23)8(5-6)7(2)21-22-15(24)13-10(16)12(19)11(17)14(18)20-13/h3-5,23H,1-2H3,(H2,19,20)(H,22,24). The number of aromatic nitrogens is 1. The van der Waals surface area contributed by atoms with Crippen LogP contribution >= 0.6 is 34.8 Å². The van der Waals surface area contributed by atoms with Gasteiger partial charge < -0.3 is 10.8 Å². The fraction of sp³-hybridized carbons (Fsp3) is 0.133. The summed E-state index contributed by atoms with van der Waals surface area (Å²) in [7, 11) is 0. The van der Waals surface area contributed by atoms with Crippen LogP contribution in [-0.2, 0) is 0 Å². The zero-order valence-corrected chi connectivity index (χ0v) is 15.0. The second-order valence-corrected chi connectivity index (χ2v) is 6.07. The third-order valence-electron chi connectivity index (χ3n) is 3.15. The lowest BCUT2D eigenvalue weighted by molar-refractivity contribution is 0.0950. The van der Waals surface area contributed by atoms with E-state index in [4.69, 9.17) is 40.5 Å². The topological polar surface area (TPSA) is 101 Å². The van der Waals surface area contributed by atoms with Crippen molar-refractivity contribution >= 4 is 52.1 Å². The molecule has 2 rings (SSSR count). The zero-order valence-electron chi connectivity index (χ0n) is 12.7. The van der Waals surface area contributed by atoms with Crippen molar-refractivity contribution < 1.29 is 9.90 Å². The number of hydrogen-bond acceptors (Lipinski definition) is 5. The van der Waals surface area contributed by atoms with Gasteiger partial charge in [0.05, 0.1) is 16.4 Å².